The molecule has 0 aromatic carbocycles. The number of carbonyl (C=O) groups is 1. The second-order valence-electron chi connectivity index (χ2n) is 11.7. The Morgan fingerprint density at radius 3 is 2.54 bits per heavy atom. The normalized spacial score (nSPS) is 36.5. The van der Waals surface area contributed by atoms with Gasteiger partial charge in [-0.05, 0) is 93.6 Å². The molecule has 8 atom stereocenters. The van der Waals surface area contributed by atoms with Gasteiger partial charge in [0.15, 0.2) is 0 Å². The molecule has 0 aromatic heterocycles. The third-order valence-electron chi connectivity index (χ3n) is 8.78. The highest BCUT2D eigenvalue weighted by atomic mass is 16.5. The Labute approximate surface area is 211 Å². The Morgan fingerprint density at radius 1 is 1.14 bits per heavy atom. The number of esters is 1. The van der Waals surface area contributed by atoms with Crippen LogP contribution in [-0.2, 0) is 9.53 Å². The number of ether oxygens (including phenoxy) is 1. The molecule has 0 radical (unpaired) electrons. The van der Waals surface area contributed by atoms with Crippen LogP contribution in [0.4, 0.5) is 0 Å². The van der Waals surface area contributed by atoms with Crippen LogP contribution in [0.15, 0.2) is 47.6 Å². The molecule has 3 rings (SSSR count). The lowest BCUT2D eigenvalue weighted by molar-refractivity contribution is -0.154. The topological polar surface area (TPSA) is 87.0 Å². The van der Waals surface area contributed by atoms with Gasteiger partial charge in [0.2, 0.25) is 0 Å². The van der Waals surface area contributed by atoms with Crippen LogP contribution in [0.25, 0.3) is 0 Å². The zero-order chi connectivity index (χ0) is 25.9. The first-order chi connectivity index (χ1) is 16.4. The third-order valence-corrected chi connectivity index (χ3v) is 8.78. The molecule has 3 aliphatic carbocycles. The van der Waals surface area contributed by atoms with E-state index in [1.165, 1.54) is 12.0 Å². The number of aliphatic hydroxyl groups is 3. The average Bonchev–Trinajstić information content (AvgIpc) is 3.15. The van der Waals surface area contributed by atoms with E-state index in [-0.39, 0.29) is 17.5 Å². The van der Waals surface area contributed by atoms with Crippen molar-refractivity contribution >= 4 is 5.97 Å². The second-order valence-corrected chi connectivity index (χ2v) is 11.7. The molecule has 5 heteroatoms. The van der Waals surface area contributed by atoms with Gasteiger partial charge in [0.25, 0.3) is 0 Å². The first-order valence-electron chi connectivity index (χ1n) is 13.5. The maximum absolute atomic E-state index is 12.1. The molecule has 0 aromatic rings. The Bertz CT molecular complexity index is 868. The average molecular weight is 487 g/mol. The number of rotatable bonds is 7. The molecule has 35 heavy (non-hydrogen) atoms. The summed E-state index contributed by atoms with van der Waals surface area (Å²) in [5, 5.41) is 30.8. The minimum Gasteiger partial charge on any atom is -0.463 e. The summed E-state index contributed by atoms with van der Waals surface area (Å²) >= 11 is 0. The molecular weight excluding hydrogens is 440 g/mol. The predicted octanol–water partition coefficient (Wildman–Crippen LogP) is 5.27. The lowest BCUT2D eigenvalue weighted by Gasteiger charge is -2.44. The minimum absolute atomic E-state index is 0.189. The molecule has 5 nitrogen and oxygen atoms in total. The van der Waals surface area contributed by atoms with Crippen LogP contribution in [0.1, 0.15) is 79.6 Å². The maximum Gasteiger partial charge on any atom is 0.311 e. The fourth-order valence-electron chi connectivity index (χ4n) is 6.68. The maximum atomic E-state index is 12.1. The van der Waals surface area contributed by atoms with Crippen molar-refractivity contribution in [3.8, 4) is 0 Å². The van der Waals surface area contributed by atoms with Crippen LogP contribution in [-0.4, -0.2) is 45.7 Å². The van der Waals surface area contributed by atoms with Crippen LogP contribution in [0, 0.1) is 29.1 Å². The number of carbonyl (C=O) groups excluding carboxylic acids is 1. The molecule has 1 unspecified atom stereocenters. The molecule has 0 heterocycles. The van der Waals surface area contributed by atoms with Crippen LogP contribution in [0.3, 0.4) is 0 Å². The van der Waals surface area contributed by atoms with E-state index in [4.69, 9.17) is 4.74 Å². The summed E-state index contributed by atoms with van der Waals surface area (Å²) in [6, 6.07) is 0. The van der Waals surface area contributed by atoms with Crippen LogP contribution < -0.4 is 0 Å². The number of hydrogen-bond donors (Lipinski definition) is 3. The van der Waals surface area contributed by atoms with E-state index in [0.717, 1.165) is 36.8 Å². The van der Waals surface area contributed by atoms with Gasteiger partial charge in [0, 0.05) is 6.42 Å². The summed E-state index contributed by atoms with van der Waals surface area (Å²) in [6.07, 6.45) is 12.6. The van der Waals surface area contributed by atoms with Crippen molar-refractivity contribution < 1.29 is 24.9 Å². The fraction of sp³-hybridized carbons (Fsp3) is 0.700. The smallest absolute Gasteiger partial charge is 0.311 e. The van der Waals surface area contributed by atoms with E-state index < -0.39 is 24.2 Å². The van der Waals surface area contributed by atoms with Gasteiger partial charge in [-0.3, -0.25) is 4.79 Å². The van der Waals surface area contributed by atoms with E-state index in [1.807, 2.05) is 13.8 Å². The van der Waals surface area contributed by atoms with Gasteiger partial charge in [-0.25, -0.2) is 0 Å². The molecule has 3 aliphatic rings. The summed E-state index contributed by atoms with van der Waals surface area (Å²) in [4.78, 5) is 12.1. The second kappa shape index (κ2) is 11.6. The Hall–Kier alpha value is -1.69. The number of fused-ring (bicyclic) bond motifs is 1. The van der Waals surface area contributed by atoms with Crippen molar-refractivity contribution in [2.45, 2.75) is 104 Å². The molecule has 0 spiro atoms. The zero-order valence-corrected chi connectivity index (χ0v) is 22.2. The van der Waals surface area contributed by atoms with Gasteiger partial charge in [-0.2, -0.15) is 0 Å². The predicted molar refractivity (Wildman–Crippen MR) is 139 cm³/mol. The molecule has 196 valence electrons. The van der Waals surface area contributed by atoms with Crippen LogP contribution in [0.2, 0.25) is 0 Å². The first kappa shape index (κ1) is 27.9. The number of aliphatic hydroxyl groups excluding tert-OH is 3. The van der Waals surface area contributed by atoms with Crippen molar-refractivity contribution in [3.63, 3.8) is 0 Å². The Balaban J connectivity index is 1.70. The largest absolute Gasteiger partial charge is 0.463 e. The summed E-state index contributed by atoms with van der Waals surface area (Å²) in [5.74, 6) is 0.379. The zero-order valence-electron chi connectivity index (χ0n) is 22.2. The van der Waals surface area contributed by atoms with Crippen molar-refractivity contribution in [2.24, 2.45) is 29.1 Å². The molecule has 0 saturated heterocycles. The monoisotopic (exact) mass is 486 g/mol. The SMILES string of the molecule is C=C1/C(=C\C=C2/CCC[C@]3(C)[C@@H]([C@H](C)/C=C/[C@@H](O)C(C)C(=O)OC(C)C)CC[C@@H]23)C[C@@H](O)C[C@@H]1O. The van der Waals surface area contributed by atoms with E-state index in [1.54, 1.807) is 13.0 Å². The Kier molecular flexibility index (Phi) is 9.22. The number of allylic oxidation sites excluding steroid dienone is 4. The molecule has 3 fully saturated rings. The molecule has 0 bridgehead atoms. The third kappa shape index (κ3) is 6.36. The molecule has 3 N–H and O–H groups in total. The van der Waals surface area contributed by atoms with Crippen molar-refractivity contribution in [3.05, 3.63) is 47.6 Å². The lowest BCUT2D eigenvalue weighted by atomic mass is 9.61. The van der Waals surface area contributed by atoms with Gasteiger partial charge >= 0.3 is 5.97 Å². The van der Waals surface area contributed by atoms with E-state index in [0.29, 0.717) is 30.6 Å². The van der Waals surface area contributed by atoms with E-state index in [2.05, 4.69) is 38.7 Å². The van der Waals surface area contributed by atoms with Gasteiger partial charge in [0.1, 0.15) is 0 Å². The fourth-order valence-corrected chi connectivity index (χ4v) is 6.68. The van der Waals surface area contributed by atoms with Gasteiger partial charge in [-0.1, -0.05) is 50.3 Å². The highest BCUT2D eigenvalue weighted by Crippen LogP contribution is 2.59. The van der Waals surface area contributed by atoms with E-state index >= 15 is 0 Å². The summed E-state index contributed by atoms with van der Waals surface area (Å²) < 4.78 is 5.25. The summed E-state index contributed by atoms with van der Waals surface area (Å²) in [5.41, 5.74) is 3.36. The first-order valence-corrected chi connectivity index (χ1v) is 13.5. The van der Waals surface area contributed by atoms with Crippen molar-refractivity contribution in [2.75, 3.05) is 0 Å². The molecule has 0 amide bonds. The highest BCUT2D eigenvalue weighted by Gasteiger charge is 2.50. The quantitative estimate of drug-likeness (QED) is 0.337. The molecule has 3 saturated carbocycles. The van der Waals surface area contributed by atoms with E-state index in [9.17, 15) is 20.1 Å². The minimum atomic E-state index is -0.851. The summed E-state index contributed by atoms with van der Waals surface area (Å²) in [7, 11) is 0. The van der Waals surface area contributed by atoms with Crippen molar-refractivity contribution in [1.82, 2.24) is 0 Å². The van der Waals surface area contributed by atoms with Gasteiger partial charge < -0.3 is 20.1 Å². The van der Waals surface area contributed by atoms with Gasteiger partial charge in [-0.15, -0.1) is 0 Å². The van der Waals surface area contributed by atoms with Crippen LogP contribution >= 0.6 is 0 Å². The molecule has 0 aliphatic heterocycles. The Morgan fingerprint density at radius 2 is 1.86 bits per heavy atom. The lowest BCUT2D eigenvalue weighted by Crippen LogP contribution is -2.35. The number of hydrogen-bond acceptors (Lipinski definition) is 5. The van der Waals surface area contributed by atoms with Crippen LogP contribution in [0.5, 0.6) is 0 Å². The highest BCUT2D eigenvalue weighted by molar-refractivity contribution is 5.73. The summed E-state index contributed by atoms with van der Waals surface area (Å²) in [6.45, 7) is 14.0. The van der Waals surface area contributed by atoms with Gasteiger partial charge in [0.05, 0.1) is 30.3 Å². The standard InChI is InChI=1S/C30H46O5/c1-18(2)35-29(34)21(5)27(32)14-9-19(3)25-12-13-26-22(8-7-15-30(25,26)6)10-11-23-16-24(31)17-28(33)20(23)4/h9-11,14,18-19,21,24-28,31-33H,4,7-8,12-13,15-17H2,1-3,5-6H3/b14-9+,22-10+,23-11-/t19-,21?,24-,25-,26+,27-,28+,30-/m1/s1. The molecular formula is C30H46O5. The van der Waals surface area contributed by atoms with Crippen molar-refractivity contribution in [1.29, 1.82) is 0 Å².